The predicted octanol–water partition coefficient (Wildman–Crippen LogP) is 4.74. The maximum absolute atomic E-state index is 4.47. The molecule has 0 fully saturated rings. The first-order valence-corrected chi connectivity index (χ1v) is 9.71. The van der Waals surface area contributed by atoms with Crippen molar-refractivity contribution in [3.63, 3.8) is 0 Å². The highest BCUT2D eigenvalue weighted by Gasteiger charge is 2.26. The third kappa shape index (κ3) is 3.16. The summed E-state index contributed by atoms with van der Waals surface area (Å²) in [7, 11) is 4.51. The van der Waals surface area contributed by atoms with E-state index >= 15 is 0 Å². The van der Waals surface area contributed by atoms with Gasteiger partial charge in [-0.25, -0.2) is 0 Å². The van der Waals surface area contributed by atoms with E-state index in [0.29, 0.717) is 5.92 Å². The van der Waals surface area contributed by atoms with Gasteiger partial charge in [0.1, 0.15) is 0 Å². The maximum Gasteiger partial charge on any atom is 0.0483 e. The lowest BCUT2D eigenvalue weighted by Crippen LogP contribution is -2.17. The Morgan fingerprint density at radius 2 is 1.96 bits per heavy atom. The SMILES string of the molecule is Cc1ccc2c(c1)c1c(n2C)C(CCc2ccc(C)nc2)CCN(C)C1. The van der Waals surface area contributed by atoms with Crippen molar-refractivity contribution in [1.82, 2.24) is 14.5 Å². The van der Waals surface area contributed by atoms with Crippen molar-refractivity contribution >= 4 is 10.9 Å². The Morgan fingerprint density at radius 3 is 2.73 bits per heavy atom. The molecule has 3 nitrogen and oxygen atoms in total. The standard InChI is InChI=1S/C23H29N3/c1-16-5-10-22-20(13-16)21-15-25(3)12-11-19(23(21)26(22)4)9-8-18-7-6-17(2)24-14-18/h5-7,10,13-14,19H,8-9,11-12,15H2,1-4H3. The smallest absolute Gasteiger partial charge is 0.0483 e. The van der Waals surface area contributed by atoms with Crippen LogP contribution < -0.4 is 0 Å². The number of hydrogen-bond acceptors (Lipinski definition) is 2. The van der Waals surface area contributed by atoms with Crippen LogP contribution in [0.3, 0.4) is 0 Å². The summed E-state index contributed by atoms with van der Waals surface area (Å²) in [4.78, 5) is 6.95. The molecule has 4 rings (SSSR count). The molecule has 0 saturated carbocycles. The van der Waals surface area contributed by atoms with Gasteiger partial charge in [-0.1, -0.05) is 17.7 Å². The Hall–Kier alpha value is -2.13. The van der Waals surface area contributed by atoms with E-state index in [1.807, 2.05) is 6.20 Å². The van der Waals surface area contributed by atoms with Crippen molar-refractivity contribution in [3.05, 3.63) is 64.6 Å². The van der Waals surface area contributed by atoms with Crippen molar-refractivity contribution < 1.29 is 0 Å². The van der Waals surface area contributed by atoms with Gasteiger partial charge in [0.05, 0.1) is 0 Å². The summed E-state index contributed by atoms with van der Waals surface area (Å²) in [6.45, 7) is 6.47. The van der Waals surface area contributed by atoms with E-state index in [0.717, 1.165) is 18.7 Å². The molecule has 0 amide bonds. The van der Waals surface area contributed by atoms with Gasteiger partial charge in [0.25, 0.3) is 0 Å². The summed E-state index contributed by atoms with van der Waals surface area (Å²) < 4.78 is 2.46. The van der Waals surface area contributed by atoms with Crippen LogP contribution >= 0.6 is 0 Å². The fourth-order valence-corrected chi connectivity index (χ4v) is 4.47. The van der Waals surface area contributed by atoms with Crippen LogP contribution in [0.25, 0.3) is 10.9 Å². The molecule has 3 heteroatoms. The average molecular weight is 348 g/mol. The molecule has 0 aliphatic carbocycles. The van der Waals surface area contributed by atoms with Gasteiger partial charge in [-0.3, -0.25) is 4.98 Å². The summed E-state index contributed by atoms with van der Waals surface area (Å²) in [5.41, 5.74) is 8.26. The first-order chi connectivity index (χ1) is 12.5. The minimum Gasteiger partial charge on any atom is -0.347 e. The molecule has 1 aromatic carbocycles. The van der Waals surface area contributed by atoms with E-state index < -0.39 is 0 Å². The summed E-state index contributed by atoms with van der Waals surface area (Å²) in [6, 6.07) is 11.3. The van der Waals surface area contributed by atoms with E-state index in [1.165, 1.54) is 41.4 Å². The topological polar surface area (TPSA) is 21.1 Å². The number of benzene rings is 1. The third-order valence-corrected chi connectivity index (χ3v) is 5.94. The highest BCUT2D eigenvalue weighted by atomic mass is 15.1. The monoisotopic (exact) mass is 347 g/mol. The molecule has 1 unspecified atom stereocenters. The molecule has 1 atom stereocenters. The second-order valence-corrected chi connectivity index (χ2v) is 8.01. The van der Waals surface area contributed by atoms with Gasteiger partial charge in [0, 0.05) is 48.0 Å². The number of nitrogens with zero attached hydrogens (tertiary/aromatic N) is 3. The highest BCUT2D eigenvalue weighted by Crippen LogP contribution is 2.37. The number of aryl methyl sites for hydroxylation is 4. The lowest BCUT2D eigenvalue weighted by Gasteiger charge is -2.18. The van der Waals surface area contributed by atoms with Crippen LogP contribution in [0.2, 0.25) is 0 Å². The molecule has 3 heterocycles. The van der Waals surface area contributed by atoms with Crippen LogP contribution in [-0.2, 0) is 20.0 Å². The zero-order valence-electron chi connectivity index (χ0n) is 16.4. The van der Waals surface area contributed by atoms with Crippen LogP contribution in [0, 0.1) is 13.8 Å². The summed E-state index contributed by atoms with van der Waals surface area (Å²) in [6.07, 6.45) is 5.56. The second kappa shape index (κ2) is 6.88. The molecule has 26 heavy (non-hydrogen) atoms. The van der Waals surface area contributed by atoms with Crippen molar-refractivity contribution in [2.45, 2.75) is 45.6 Å². The molecule has 1 aliphatic heterocycles. The summed E-state index contributed by atoms with van der Waals surface area (Å²) in [5, 5.41) is 1.44. The first-order valence-electron chi connectivity index (χ1n) is 9.71. The van der Waals surface area contributed by atoms with Crippen molar-refractivity contribution in [1.29, 1.82) is 0 Å². The van der Waals surface area contributed by atoms with E-state index in [9.17, 15) is 0 Å². The number of aromatic nitrogens is 2. The van der Waals surface area contributed by atoms with Gasteiger partial charge in [0.15, 0.2) is 0 Å². The van der Waals surface area contributed by atoms with Gasteiger partial charge in [-0.2, -0.15) is 0 Å². The molecule has 0 saturated heterocycles. The lowest BCUT2D eigenvalue weighted by molar-refractivity contribution is 0.323. The molecule has 2 aromatic heterocycles. The Labute approximate surface area is 156 Å². The summed E-state index contributed by atoms with van der Waals surface area (Å²) >= 11 is 0. The van der Waals surface area contributed by atoms with Crippen LogP contribution in [0.5, 0.6) is 0 Å². The maximum atomic E-state index is 4.47. The Balaban J connectivity index is 1.71. The molecule has 0 bridgehead atoms. The first kappa shape index (κ1) is 17.3. The minimum atomic E-state index is 0.606. The van der Waals surface area contributed by atoms with Crippen LogP contribution in [0.15, 0.2) is 36.5 Å². The van der Waals surface area contributed by atoms with Crippen molar-refractivity contribution in [2.75, 3.05) is 13.6 Å². The Kier molecular flexibility index (Phi) is 4.58. The van der Waals surface area contributed by atoms with Crippen molar-refractivity contribution in [2.24, 2.45) is 7.05 Å². The lowest BCUT2D eigenvalue weighted by atomic mass is 9.92. The predicted molar refractivity (Wildman–Crippen MR) is 109 cm³/mol. The van der Waals surface area contributed by atoms with E-state index in [-0.39, 0.29) is 0 Å². The van der Waals surface area contributed by atoms with Gasteiger partial charge >= 0.3 is 0 Å². The quantitative estimate of drug-likeness (QED) is 0.682. The normalized spacial score (nSPS) is 18.1. The van der Waals surface area contributed by atoms with E-state index in [4.69, 9.17) is 0 Å². The third-order valence-electron chi connectivity index (χ3n) is 5.94. The molecule has 0 N–H and O–H groups in total. The molecule has 136 valence electrons. The summed E-state index contributed by atoms with van der Waals surface area (Å²) in [5.74, 6) is 0.606. The van der Waals surface area contributed by atoms with E-state index in [1.54, 1.807) is 11.3 Å². The molecule has 0 spiro atoms. The van der Waals surface area contributed by atoms with E-state index in [2.05, 4.69) is 72.7 Å². The molecule has 1 aliphatic rings. The molecular formula is C23H29N3. The van der Waals surface area contributed by atoms with Crippen LogP contribution in [0.1, 0.15) is 46.8 Å². The van der Waals surface area contributed by atoms with Crippen LogP contribution in [0.4, 0.5) is 0 Å². The number of pyridine rings is 1. The van der Waals surface area contributed by atoms with Gasteiger partial charge in [0.2, 0.25) is 0 Å². The largest absolute Gasteiger partial charge is 0.347 e. The fraction of sp³-hybridized carbons (Fsp3) is 0.435. The molecule has 3 aromatic rings. The van der Waals surface area contributed by atoms with Crippen molar-refractivity contribution in [3.8, 4) is 0 Å². The fourth-order valence-electron chi connectivity index (χ4n) is 4.47. The van der Waals surface area contributed by atoms with Gasteiger partial charge in [-0.05, 0) is 76.0 Å². The molecular weight excluding hydrogens is 318 g/mol. The van der Waals surface area contributed by atoms with Crippen LogP contribution in [-0.4, -0.2) is 28.0 Å². The zero-order chi connectivity index (χ0) is 18.3. The second-order valence-electron chi connectivity index (χ2n) is 8.01. The van der Waals surface area contributed by atoms with Gasteiger partial charge < -0.3 is 9.47 Å². The Bertz CT molecular complexity index is 921. The number of fused-ring (bicyclic) bond motifs is 3. The van der Waals surface area contributed by atoms with Gasteiger partial charge in [-0.15, -0.1) is 0 Å². The Morgan fingerprint density at radius 1 is 1.12 bits per heavy atom. The molecule has 0 radical (unpaired) electrons. The average Bonchev–Trinajstić information content (AvgIpc) is 2.77. The number of rotatable bonds is 3. The zero-order valence-corrected chi connectivity index (χ0v) is 16.4. The minimum absolute atomic E-state index is 0.606. The highest BCUT2D eigenvalue weighted by molar-refractivity contribution is 5.86. The number of hydrogen-bond donors (Lipinski definition) is 0.